The Morgan fingerprint density at radius 3 is 2.83 bits per heavy atom. The van der Waals surface area contributed by atoms with Crippen LogP contribution in [0.25, 0.3) is 21.2 Å². The monoisotopic (exact) mass is 256 g/mol. The normalized spacial score (nSPS) is 10.9. The average molecular weight is 256 g/mol. The molecule has 0 radical (unpaired) electrons. The van der Waals surface area contributed by atoms with E-state index in [9.17, 15) is 0 Å². The zero-order valence-electron chi connectivity index (χ0n) is 9.63. The van der Waals surface area contributed by atoms with Gasteiger partial charge in [0.2, 0.25) is 0 Å². The SMILES string of the molecule is NCc1ccc(-c2ccc3cnnc(N)c3c2)s1. The summed E-state index contributed by atoms with van der Waals surface area (Å²) in [7, 11) is 0. The number of fused-ring (bicyclic) bond motifs is 1. The first kappa shape index (κ1) is 11.1. The third kappa shape index (κ3) is 1.83. The van der Waals surface area contributed by atoms with Gasteiger partial charge < -0.3 is 11.5 Å². The molecule has 1 aromatic carbocycles. The van der Waals surface area contributed by atoms with Crippen molar-refractivity contribution in [3.63, 3.8) is 0 Å². The van der Waals surface area contributed by atoms with E-state index >= 15 is 0 Å². The molecule has 90 valence electrons. The topological polar surface area (TPSA) is 77.8 Å². The van der Waals surface area contributed by atoms with Crippen LogP contribution in [-0.4, -0.2) is 10.2 Å². The van der Waals surface area contributed by atoms with Crippen LogP contribution in [0.1, 0.15) is 4.88 Å². The van der Waals surface area contributed by atoms with Gasteiger partial charge in [-0.05, 0) is 23.8 Å². The molecule has 0 aliphatic carbocycles. The third-order valence-electron chi connectivity index (χ3n) is 2.84. The number of nitrogens with two attached hydrogens (primary N) is 2. The quantitative estimate of drug-likeness (QED) is 0.738. The van der Waals surface area contributed by atoms with E-state index in [1.54, 1.807) is 17.5 Å². The summed E-state index contributed by atoms with van der Waals surface area (Å²) in [5.41, 5.74) is 12.6. The van der Waals surface area contributed by atoms with Gasteiger partial charge >= 0.3 is 0 Å². The lowest BCUT2D eigenvalue weighted by Crippen LogP contribution is -1.93. The Kier molecular flexibility index (Phi) is 2.70. The lowest BCUT2D eigenvalue weighted by molar-refractivity contribution is 1.06. The molecule has 4 nitrogen and oxygen atoms in total. The average Bonchev–Trinajstić information content (AvgIpc) is 2.88. The molecule has 0 aliphatic rings. The second-order valence-electron chi connectivity index (χ2n) is 4.00. The smallest absolute Gasteiger partial charge is 0.153 e. The van der Waals surface area contributed by atoms with Crippen LogP contribution < -0.4 is 11.5 Å². The minimum absolute atomic E-state index is 0.463. The lowest BCUT2D eigenvalue weighted by Gasteiger charge is -2.02. The van der Waals surface area contributed by atoms with Gasteiger partial charge in [0.25, 0.3) is 0 Å². The summed E-state index contributed by atoms with van der Waals surface area (Å²) >= 11 is 1.70. The largest absolute Gasteiger partial charge is 0.382 e. The lowest BCUT2D eigenvalue weighted by atomic mass is 10.1. The van der Waals surface area contributed by atoms with Crippen LogP contribution in [0, 0.1) is 0 Å². The van der Waals surface area contributed by atoms with E-state index < -0.39 is 0 Å². The van der Waals surface area contributed by atoms with Gasteiger partial charge in [-0.25, -0.2) is 0 Å². The first-order valence-electron chi connectivity index (χ1n) is 5.58. The molecule has 5 heteroatoms. The van der Waals surface area contributed by atoms with E-state index in [2.05, 4.69) is 28.4 Å². The molecule has 4 N–H and O–H groups in total. The van der Waals surface area contributed by atoms with Crippen LogP contribution in [0.4, 0.5) is 5.82 Å². The zero-order chi connectivity index (χ0) is 12.5. The molecular formula is C13H12N4S. The van der Waals surface area contributed by atoms with E-state index in [-0.39, 0.29) is 0 Å². The van der Waals surface area contributed by atoms with Crippen LogP contribution in [-0.2, 0) is 6.54 Å². The predicted molar refractivity (Wildman–Crippen MR) is 75.2 cm³/mol. The van der Waals surface area contributed by atoms with Crippen molar-refractivity contribution in [2.24, 2.45) is 5.73 Å². The van der Waals surface area contributed by atoms with Crippen LogP contribution in [0.15, 0.2) is 36.5 Å². The molecule has 3 rings (SSSR count). The second kappa shape index (κ2) is 4.36. The van der Waals surface area contributed by atoms with Crippen LogP contribution in [0.2, 0.25) is 0 Å². The maximum absolute atomic E-state index is 5.84. The van der Waals surface area contributed by atoms with E-state index in [0.717, 1.165) is 16.3 Å². The van der Waals surface area contributed by atoms with Crippen molar-refractivity contribution in [3.8, 4) is 10.4 Å². The summed E-state index contributed by atoms with van der Waals surface area (Å²) in [4.78, 5) is 2.36. The van der Waals surface area contributed by atoms with Gasteiger partial charge in [0.1, 0.15) is 0 Å². The van der Waals surface area contributed by atoms with Gasteiger partial charge in [-0.2, -0.15) is 5.10 Å². The van der Waals surface area contributed by atoms with Crippen molar-refractivity contribution in [1.82, 2.24) is 10.2 Å². The van der Waals surface area contributed by atoms with Gasteiger partial charge in [-0.15, -0.1) is 16.4 Å². The number of benzene rings is 1. The Bertz CT molecular complexity index is 705. The summed E-state index contributed by atoms with van der Waals surface area (Å²) in [5.74, 6) is 0.463. The van der Waals surface area contributed by atoms with Crippen LogP contribution >= 0.6 is 11.3 Å². The second-order valence-corrected chi connectivity index (χ2v) is 5.17. The summed E-state index contributed by atoms with van der Waals surface area (Å²) < 4.78 is 0. The highest BCUT2D eigenvalue weighted by atomic mass is 32.1. The summed E-state index contributed by atoms with van der Waals surface area (Å²) in [6, 6.07) is 10.3. The molecule has 0 bridgehead atoms. The molecule has 0 atom stereocenters. The Balaban J connectivity index is 2.15. The van der Waals surface area contributed by atoms with Gasteiger partial charge in [-0.3, -0.25) is 0 Å². The highest BCUT2D eigenvalue weighted by Gasteiger charge is 2.05. The molecular weight excluding hydrogens is 244 g/mol. The third-order valence-corrected chi connectivity index (χ3v) is 4.00. The van der Waals surface area contributed by atoms with Gasteiger partial charge in [0.05, 0.1) is 6.20 Å². The number of anilines is 1. The van der Waals surface area contributed by atoms with Crippen molar-refractivity contribution >= 4 is 27.9 Å². The molecule has 2 aromatic heterocycles. The minimum Gasteiger partial charge on any atom is -0.382 e. The minimum atomic E-state index is 0.463. The number of hydrogen-bond donors (Lipinski definition) is 2. The van der Waals surface area contributed by atoms with E-state index in [1.165, 1.54) is 9.75 Å². The molecule has 0 aliphatic heterocycles. The first-order valence-corrected chi connectivity index (χ1v) is 6.39. The van der Waals surface area contributed by atoms with Crippen LogP contribution in [0.5, 0.6) is 0 Å². The van der Waals surface area contributed by atoms with Crippen molar-refractivity contribution in [2.45, 2.75) is 6.54 Å². The van der Waals surface area contributed by atoms with Crippen LogP contribution in [0.3, 0.4) is 0 Å². The standard InChI is InChI=1S/C13H12N4S/c14-6-10-3-4-12(18-10)8-1-2-9-7-16-17-13(15)11(9)5-8/h1-5,7H,6,14H2,(H2,15,17). The molecule has 0 unspecified atom stereocenters. The predicted octanol–water partition coefficient (Wildman–Crippen LogP) is 2.40. The molecule has 0 spiro atoms. The van der Waals surface area contributed by atoms with E-state index in [1.807, 2.05) is 12.1 Å². The fourth-order valence-electron chi connectivity index (χ4n) is 1.89. The summed E-state index contributed by atoms with van der Waals surface area (Å²) in [6.45, 7) is 0.575. The molecule has 0 saturated carbocycles. The zero-order valence-corrected chi connectivity index (χ0v) is 10.4. The molecule has 3 aromatic rings. The number of nitrogens with zero attached hydrogens (tertiary/aromatic N) is 2. The Morgan fingerprint density at radius 1 is 1.17 bits per heavy atom. The Morgan fingerprint density at radius 2 is 2.06 bits per heavy atom. The van der Waals surface area contributed by atoms with Crippen molar-refractivity contribution < 1.29 is 0 Å². The molecule has 2 heterocycles. The first-order chi connectivity index (χ1) is 8.78. The van der Waals surface area contributed by atoms with Crippen molar-refractivity contribution in [2.75, 3.05) is 5.73 Å². The fourth-order valence-corrected chi connectivity index (χ4v) is 2.78. The Hall–Kier alpha value is -1.98. The van der Waals surface area contributed by atoms with Crippen molar-refractivity contribution in [1.29, 1.82) is 0 Å². The summed E-state index contributed by atoms with van der Waals surface area (Å²) in [6.07, 6.45) is 1.72. The van der Waals surface area contributed by atoms with Gasteiger partial charge in [-0.1, -0.05) is 12.1 Å². The number of hydrogen-bond acceptors (Lipinski definition) is 5. The number of nitrogen functional groups attached to an aromatic ring is 1. The van der Waals surface area contributed by atoms with Crippen molar-refractivity contribution in [3.05, 3.63) is 41.4 Å². The molecule has 0 amide bonds. The highest BCUT2D eigenvalue weighted by Crippen LogP contribution is 2.31. The summed E-state index contributed by atoms with van der Waals surface area (Å²) in [5, 5.41) is 9.66. The maximum Gasteiger partial charge on any atom is 0.153 e. The molecule has 18 heavy (non-hydrogen) atoms. The number of rotatable bonds is 2. The molecule has 0 saturated heterocycles. The van der Waals surface area contributed by atoms with E-state index in [4.69, 9.17) is 11.5 Å². The number of aromatic nitrogens is 2. The Labute approximate surface area is 108 Å². The molecule has 0 fully saturated rings. The maximum atomic E-state index is 5.84. The number of thiophene rings is 1. The van der Waals surface area contributed by atoms with Gasteiger partial charge in [0, 0.05) is 27.1 Å². The highest BCUT2D eigenvalue weighted by molar-refractivity contribution is 7.15. The fraction of sp³-hybridized carbons (Fsp3) is 0.0769. The van der Waals surface area contributed by atoms with Gasteiger partial charge in [0.15, 0.2) is 5.82 Å². The van der Waals surface area contributed by atoms with E-state index in [0.29, 0.717) is 12.4 Å².